The highest BCUT2D eigenvalue weighted by Crippen LogP contribution is 2.61. The van der Waals surface area contributed by atoms with E-state index in [2.05, 4.69) is 54.0 Å². The van der Waals surface area contributed by atoms with Crippen LogP contribution in [0.1, 0.15) is 39.1 Å². The molecule has 8 atom stereocenters. The lowest BCUT2D eigenvalue weighted by molar-refractivity contribution is -0.120. The maximum atomic E-state index is 15.3. The number of H-pyrrole nitrogens is 1. The van der Waals surface area contributed by atoms with Crippen LogP contribution in [0.5, 0.6) is 0 Å². The smallest absolute Gasteiger partial charge is 0.382 e. The average Bonchev–Trinajstić information content (AvgIpc) is 3.72. The number of ether oxygens (including phenoxy) is 2. The zero-order chi connectivity index (χ0) is 33.2. The molecule has 0 spiro atoms. The van der Waals surface area contributed by atoms with Gasteiger partial charge in [-0.15, -0.1) is 0 Å². The van der Waals surface area contributed by atoms with Crippen LogP contribution in [0.4, 0.5) is 16.2 Å². The zero-order valence-corrected chi connectivity index (χ0v) is 27.5. The highest BCUT2D eigenvalue weighted by atomic mass is 32.7. The minimum atomic E-state index is -4.40. The van der Waals surface area contributed by atoms with Gasteiger partial charge in [-0.25, -0.2) is 28.9 Å². The Bertz CT molecular complexity index is 1940. The van der Waals surface area contributed by atoms with E-state index in [0.29, 0.717) is 17.6 Å². The quantitative estimate of drug-likeness (QED) is 0.100. The molecule has 0 aromatic carbocycles. The molecule has 19 nitrogen and oxygen atoms in total. The van der Waals surface area contributed by atoms with Crippen molar-refractivity contribution in [3.63, 3.8) is 0 Å². The fourth-order valence-corrected chi connectivity index (χ4v) is 7.99. The maximum absolute atomic E-state index is 15.3. The standard InChI is InChI=1S/C22H29FN10O9P2S2/c1-3-9-14(22(2,5-38-43(35,36)45)40-19(9)32-7-28-12-15(24)26-6-27-16(12)32)42-44(37,46)41-11-4-10(23)20(39-11)33-8-29-13-17(33)30-21(25)31-18(13)34/h6-11,14,19-20H,3-5H2,1-2H3,(H,37,46)(H2,24,26,27)(H2,35,36,45)(H3,25,30,31,34)/t9-,10-,11-,14+,19-,20-,22?,44?/m1/s1. The molecule has 2 unspecified atom stereocenters. The summed E-state index contributed by atoms with van der Waals surface area (Å²) in [5.41, 5.74) is 9.99. The predicted molar refractivity (Wildman–Crippen MR) is 165 cm³/mol. The summed E-state index contributed by atoms with van der Waals surface area (Å²) in [6, 6.07) is 0. The third kappa shape index (κ3) is 6.31. The summed E-state index contributed by atoms with van der Waals surface area (Å²) in [6.07, 6.45) is -2.66. The topological polar surface area (TPSA) is 263 Å². The second-order valence-electron chi connectivity index (χ2n) is 10.8. The number of thiol groups is 1. The summed E-state index contributed by atoms with van der Waals surface area (Å²) in [4.78, 5) is 54.5. The molecular formula is C22H29FN10O9P2S2. The van der Waals surface area contributed by atoms with Crippen molar-refractivity contribution in [1.29, 1.82) is 0 Å². The number of nitrogen functional groups attached to an aromatic ring is 2. The van der Waals surface area contributed by atoms with E-state index in [0.717, 1.165) is 0 Å². The normalized spacial score (nSPS) is 30.0. The molecule has 250 valence electrons. The van der Waals surface area contributed by atoms with Crippen LogP contribution in [0.15, 0.2) is 23.8 Å². The molecule has 4 aromatic heterocycles. The van der Waals surface area contributed by atoms with Crippen molar-refractivity contribution < 1.29 is 41.8 Å². The number of aromatic amines is 1. The third-order valence-corrected chi connectivity index (χ3v) is 9.98. The van der Waals surface area contributed by atoms with E-state index in [-0.39, 0.29) is 22.9 Å². The van der Waals surface area contributed by atoms with Gasteiger partial charge >= 0.3 is 13.5 Å². The first kappa shape index (κ1) is 33.3. The third-order valence-electron chi connectivity index (χ3n) is 7.64. The molecule has 0 saturated carbocycles. The number of halogens is 1. The van der Waals surface area contributed by atoms with Crippen LogP contribution in [0.25, 0.3) is 22.3 Å². The Labute approximate surface area is 268 Å². The Morgan fingerprint density at radius 1 is 1.17 bits per heavy atom. The number of imidazole rings is 2. The van der Waals surface area contributed by atoms with Gasteiger partial charge in [0.15, 0.2) is 41.3 Å². The molecule has 2 fully saturated rings. The van der Waals surface area contributed by atoms with Crippen molar-refractivity contribution in [2.75, 3.05) is 18.1 Å². The molecule has 2 aliphatic rings. The lowest BCUT2D eigenvalue weighted by Crippen LogP contribution is -2.43. The molecule has 24 heteroatoms. The Hall–Kier alpha value is -2.62. The van der Waals surface area contributed by atoms with E-state index in [9.17, 15) is 19.1 Å². The molecule has 2 saturated heterocycles. The number of hydrogen-bond donors (Lipinski definition) is 6. The second kappa shape index (κ2) is 12.1. The highest BCUT2D eigenvalue weighted by molar-refractivity contribution is 8.44. The number of hydrogen-bond acceptors (Lipinski definition) is 15. The molecule has 2 aliphatic heterocycles. The zero-order valence-electron chi connectivity index (χ0n) is 24.0. The van der Waals surface area contributed by atoms with Crippen LogP contribution in [0.3, 0.4) is 0 Å². The fraction of sp³-hybridized carbons (Fsp3) is 0.545. The monoisotopic (exact) mass is 722 g/mol. The van der Waals surface area contributed by atoms with E-state index in [1.165, 1.54) is 30.5 Å². The van der Waals surface area contributed by atoms with E-state index < -0.39 is 74.6 Å². The van der Waals surface area contributed by atoms with Crippen LogP contribution in [-0.2, 0) is 39.4 Å². The number of nitrogens with two attached hydrogens (primary N) is 2. The number of aromatic nitrogens is 8. The van der Waals surface area contributed by atoms with Gasteiger partial charge in [0.2, 0.25) is 5.95 Å². The summed E-state index contributed by atoms with van der Waals surface area (Å²) in [5.74, 6) is -0.681. The van der Waals surface area contributed by atoms with Crippen molar-refractivity contribution in [2.24, 2.45) is 5.92 Å². The van der Waals surface area contributed by atoms with E-state index >= 15 is 4.39 Å². The van der Waals surface area contributed by atoms with Crippen LogP contribution in [0, 0.1) is 5.92 Å². The van der Waals surface area contributed by atoms with Gasteiger partial charge in [0, 0.05) is 12.3 Å². The molecule has 6 rings (SSSR count). The minimum Gasteiger partial charge on any atom is -0.382 e. The number of alkyl halides is 1. The molecule has 7 N–H and O–H groups in total. The lowest BCUT2D eigenvalue weighted by atomic mass is 9.90. The molecule has 0 bridgehead atoms. The molecular weight excluding hydrogens is 693 g/mol. The first-order valence-corrected chi connectivity index (χ1v) is 18.9. The number of anilines is 2. The lowest BCUT2D eigenvalue weighted by Gasteiger charge is -2.33. The summed E-state index contributed by atoms with van der Waals surface area (Å²) in [7, 11) is 0. The predicted octanol–water partition coefficient (Wildman–Crippen LogP) is 1.69. The molecule has 46 heavy (non-hydrogen) atoms. The van der Waals surface area contributed by atoms with Gasteiger partial charge in [0.05, 0.1) is 19.3 Å². The van der Waals surface area contributed by atoms with Crippen LogP contribution in [-0.4, -0.2) is 79.6 Å². The van der Waals surface area contributed by atoms with Gasteiger partial charge in [-0.05, 0) is 25.2 Å². The Kier molecular flexibility index (Phi) is 8.77. The average molecular weight is 723 g/mol. The van der Waals surface area contributed by atoms with Gasteiger partial charge in [-0.1, -0.05) is 19.2 Å². The summed E-state index contributed by atoms with van der Waals surface area (Å²) in [6.45, 7) is -5.70. The van der Waals surface area contributed by atoms with Gasteiger partial charge in [-0.2, -0.15) is 4.98 Å². The minimum absolute atomic E-state index is 0.0250. The van der Waals surface area contributed by atoms with Gasteiger partial charge in [-0.3, -0.25) is 28.0 Å². The number of nitrogens with one attached hydrogen (secondary N) is 1. The largest absolute Gasteiger partial charge is 0.388 e. The fourth-order valence-electron chi connectivity index (χ4n) is 5.64. The summed E-state index contributed by atoms with van der Waals surface area (Å²) < 4.78 is 60.6. The Morgan fingerprint density at radius 3 is 2.57 bits per heavy atom. The molecule has 6 heterocycles. The van der Waals surface area contributed by atoms with Gasteiger partial charge in [0.1, 0.15) is 29.8 Å². The number of rotatable bonds is 10. The van der Waals surface area contributed by atoms with E-state index in [4.69, 9.17) is 34.5 Å². The summed E-state index contributed by atoms with van der Waals surface area (Å²) in [5, 5.41) is 0. The van der Waals surface area contributed by atoms with Crippen molar-refractivity contribution in [2.45, 2.75) is 63.3 Å². The van der Waals surface area contributed by atoms with Crippen LogP contribution in [0.2, 0.25) is 0 Å². The van der Waals surface area contributed by atoms with Gasteiger partial charge in [0.25, 0.3) is 5.56 Å². The van der Waals surface area contributed by atoms with Crippen molar-refractivity contribution >= 4 is 71.7 Å². The van der Waals surface area contributed by atoms with Crippen LogP contribution < -0.4 is 17.0 Å². The molecule has 4 aromatic rings. The molecule has 0 amide bonds. The van der Waals surface area contributed by atoms with Crippen molar-refractivity contribution in [3.05, 3.63) is 29.3 Å². The van der Waals surface area contributed by atoms with E-state index in [1.54, 1.807) is 4.57 Å². The number of nitrogens with zero attached hydrogens (tertiary/aromatic N) is 7. The van der Waals surface area contributed by atoms with Gasteiger partial charge < -0.3 is 35.3 Å². The second-order valence-corrected chi connectivity index (χ2v) is 16.3. The highest BCUT2D eigenvalue weighted by Gasteiger charge is 2.56. The summed E-state index contributed by atoms with van der Waals surface area (Å²) >= 11 is 8.80. The number of fused-ring (bicyclic) bond motifs is 2. The van der Waals surface area contributed by atoms with Crippen LogP contribution >= 0.6 is 25.8 Å². The molecule has 0 radical (unpaired) electrons. The van der Waals surface area contributed by atoms with Crippen molar-refractivity contribution in [1.82, 2.24) is 39.0 Å². The SMILES string of the molecule is CC[C@H]1[C@H](n2cnc3c(N)ncnc32)OC(C)(COP(O)(O)=S)[C@H]1OP(=O)(S)O[C@@H]1C[C@@H](F)[C@H](n2cnc3c(=O)[nH]c(N)nc32)O1. The Morgan fingerprint density at radius 2 is 1.87 bits per heavy atom. The first-order valence-electron chi connectivity index (χ1n) is 13.6. The van der Waals surface area contributed by atoms with Crippen molar-refractivity contribution in [3.8, 4) is 0 Å². The molecule has 0 aliphatic carbocycles. The maximum Gasteiger partial charge on any atom is 0.388 e. The Balaban J connectivity index is 1.26. The van der Waals surface area contributed by atoms with E-state index in [1.807, 2.05) is 6.92 Å². The first-order chi connectivity index (χ1) is 21.6.